The van der Waals surface area contributed by atoms with E-state index in [4.69, 9.17) is 26.3 Å². The van der Waals surface area contributed by atoms with Crippen molar-refractivity contribution < 1.29 is 9.47 Å². The largest absolute Gasteiger partial charge is 0.378 e. The van der Waals surface area contributed by atoms with Gasteiger partial charge in [-0.15, -0.1) is 0 Å². The van der Waals surface area contributed by atoms with Gasteiger partial charge in [0.1, 0.15) is 22.5 Å². The van der Waals surface area contributed by atoms with Crippen molar-refractivity contribution in [2.45, 2.75) is 12.0 Å². The van der Waals surface area contributed by atoms with E-state index in [0.29, 0.717) is 36.2 Å². The normalized spacial score (nSPS) is 22.7. The van der Waals surface area contributed by atoms with Crippen LogP contribution in [-0.4, -0.2) is 37.5 Å². The van der Waals surface area contributed by atoms with Crippen LogP contribution in [0.4, 0.5) is 5.82 Å². The van der Waals surface area contributed by atoms with Crippen LogP contribution in [0.25, 0.3) is 0 Å². The van der Waals surface area contributed by atoms with Crippen LogP contribution in [0.5, 0.6) is 0 Å². The summed E-state index contributed by atoms with van der Waals surface area (Å²) in [7, 11) is 1.66. The highest BCUT2D eigenvalue weighted by Gasteiger charge is 2.35. The Kier molecular flexibility index (Phi) is 4.02. The van der Waals surface area contributed by atoms with Crippen molar-refractivity contribution in [3.8, 4) is 6.07 Å². The Morgan fingerprint density at radius 3 is 3.17 bits per heavy atom. The molecule has 0 radical (unpaired) electrons. The predicted octanol–water partition coefficient (Wildman–Crippen LogP) is 1.82. The first-order valence-corrected chi connectivity index (χ1v) is 6.00. The molecule has 1 atom stereocenters. The van der Waals surface area contributed by atoms with Gasteiger partial charge in [-0.05, 0) is 6.07 Å². The smallest absolute Gasteiger partial charge is 0.146 e. The minimum absolute atomic E-state index is 0.338. The molecule has 1 N–H and O–H groups in total. The predicted molar refractivity (Wildman–Crippen MR) is 67.6 cm³/mol. The topological polar surface area (TPSA) is 67.2 Å². The average molecular weight is 268 g/mol. The number of aromatic nitrogens is 1. The Balaban J connectivity index is 2.08. The molecule has 0 bridgehead atoms. The third-order valence-electron chi connectivity index (χ3n) is 3.09. The first-order valence-electron chi connectivity index (χ1n) is 5.62. The number of rotatable bonds is 4. The molecular weight excluding hydrogens is 254 g/mol. The number of pyridine rings is 1. The Morgan fingerprint density at radius 2 is 2.56 bits per heavy atom. The summed E-state index contributed by atoms with van der Waals surface area (Å²) >= 11 is 6.06. The Morgan fingerprint density at radius 1 is 1.72 bits per heavy atom. The van der Waals surface area contributed by atoms with E-state index in [2.05, 4.69) is 10.3 Å². The highest BCUT2D eigenvalue weighted by Crippen LogP contribution is 2.26. The highest BCUT2D eigenvalue weighted by atomic mass is 35.5. The van der Waals surface area contributed by atoms with Gasteiger partial charge in [-0.3, -0.25) is 0 Å². The first-order chi connectivity index (χ1) is 8.71. The van der Waals surface area contributed by atoms with Gasteiger partial charge < -0.3 is 14.8 Å². The summed E-state index contributed by atoms with van der Waals surface area (Å²) in [5, 5.41) is 12.3. The van der Waals surface area contributed by atoms with Crippen molar-refractivity contribution in [1.29, 1.82) is 5.26 Å². The number of hydrogen-bond acceptors (Lipinski definition) is 5. The van der Waals surface area contributed by atoms with Crippen LogP contribution in [-0.2, 0) is 9.47 Å². The second-order valence-electron chi connectivity index (χ2n) is 4.18. The summed E-state index contributed by atoms with van der Waals surface area (Å²) in [6.07, 6.45) is 2.38. The molecule has 2 heterocycles. The number of halogens is 1. The van der Waals surface area contributed by atoms with Gasteiger partial charge in [0.25, 0.3) is 0 Å². The summed E-state index contributed by atoms with van der Waals surface area (Å²) in [5.41, 5.74) is 0.0662. The summed E-state index contributed by atoms with van der Waals surface area (Å²) in [6.45, 7) is 1.78. The van der Waals surface area contributed by atoms with Crippen LogP contribution in [0.3, 0.4) is 0 Å². The van der Waals surface area contributed by atoms with Crippen LogP contribution in [0.1, 0.15) is 12.0 Å². The van der Waals surface area contributed by atoms with E-state index in [9.17, 15) is 0 Å². The van der Waals surface area contributed by atoms with Gasteiger partial charge in [-0.2, -0.15) is 5.26 Å². The Hall–Kier alpha value is -1.35. The number of methoxy groups -OCH3 is 1. The second-order valence-corrected chi connectivity index (χ2v) is 4.55. The highest BCUT2D eigenvalue weighted by molar-refractivity contribution is 6.34. The lowest BCUT2D eigenvalue weighted by Crippen LogP contribution is -2.39. The third-order valence-corrected chi connectivity index (χ3v) is 3.47. The van der Waals surface area contributed by atoms with E-state index in [1.54, 1.807) is 19.4 Å². The molecule has 0 aliphatic carbocycles. The van der Waals surface area contributed by atoms with E-state index < -0.39 is 0 Å². The molecule has 1 unspecified atom stereocenters. The van der Waals surface area contributed by atoms with Gasteiger partial charge in [0.05, 0.1) is 12.2 Å². The zero-order valence-corrected chi connectivity index (χ0v) is 10.8. The average Bonchev–Trinajstić information content (AvgIpc) is 2.87. The fourth-order valence-electron chi connectivity index (χ4n) is 1.86. The summed E-state index contributed by atoms with van der Waals surface area (Å²) in [4.78, 5) is 4.12. The van der Waals surface area contributed by atoms with Crippen LogP contribution >= 0.6 is 11.6 Å². The minimum Gasteiger partial charge on any atom is -0.378 e. The molecule has 1 aromatic rings. The monoisotopic (exact) mass is 267 g/mol. The lowest BCUT2D eigenvalue weighted by Gasteiger charge is -2.26. The van der Waals surface area contributed by atoms with Crippen LogP contribution in [0.15, 0.2) is 12.3 Å². The number of nitrogens with zero attached hydrogens (tertiary/aromatic N) is 2. The lowest BCUT2D eigenvalue weighted by atomic mass is 10.0. The van der Waals surface area contributed by atoms with E-state index in [1.165, 1.54) is 0 Å². The zero-order valence-electron chi connectivity index (χ0n) is 10.1. The molecule has 1 fully saturated rings. The maximum Gasteiger partial charge on any atom is 0.146 e. The van der Waals surface area contributed by atoms with E-state index in [0.717, 1.165) is 6.42 Å². The molecule has 6 heteroatoms. The van der Waals surface area contributed by atoms with Gasteiger partial charge in [-0.25, -0.2) is 4.98 Å². The fraction of sp³-hybridized carbons (Fsp3) is 0.500. The molecule has 0 amide bonds. The summed E-state index contributed by atoms with van der Waals surface area (Å²) < 4.78 is 10.8. The molecule has 2 rings (SSSR count). The van der Waals surface area contributed by atoms with Crippen molar-refractivity contribution in [3.63, 3.8) is 0 Å². The summed E-state index contributed by atoms with van der Waals surface area (Å²) in [5.74, 6) is 0.499. The van der Waals surface area contributed by atoms with Crippen LogP contribution in [0, 0.1) is 11.3 Å². The molecule has 1 saturated heterocycles. The molecule has 18 heavy (non-hydrogen) atoms. The van der Waals surface area contributed by atoms with Gasteiger partial charge in [0, 0.05) is 32.9 Å². The van der Waals surface area contributed by atoms with Gasteiger partial charge >= 0.3 is 0 Å². The number of ether oxygens (including phenoxy) is 2. The number of nitriles is 1. The molecule has 0 aromatic carbocycles. The van der Waals surface area contributed by atoms with E-state index in [-0.39, 0.29) is 5.60 Å². The van der Waals surface area contributed by atoms with Crippen molar-refractivity contribution >= 4 is 17.4 Å². The number of anilines is 1. The second kappa shape index (κ2) is 5.53. The molecule has 5 nitrogen and oxygen atoms in total. The van der Waals surface area contributed by atoms with Crippen molar-refractivity contribution in [2.24, 2.45) is 0 Å². The molecule has 0 saturated carbocycles. The third kappa shape index (κ3) is 2.56. The maximum atomic E-state index is 8.88. The Labute approximate surface area is 111 Å². The van der Waals surface area contributed by atoms with Crippen molar-refractivity contribution in [3.05, 3.63) is 22.8 Å². The molecule has 96 valence electrons. The SMILES string of the molecule is COC1(CNc2nccc(C#N)c2Cl)CCOC1. The molecule has 1 aliphatic rings. The lowest BCUT2D eigenvalue weighted by molar-refractivity contribution is -0.00625. The molecule has 1 aromatic heterocycles. The zero-order chi connectivity index (χ0) is 13.0. The fourth-order valence-corrected chi connectivity index (χ4v) is 2.08. The van der Waals surface area contributed by atoms with Crippen LogP contribution in [0.2, 0.25) is 5.02 Å². The van der Waals surface area contributed by atoms with Crippen LogP contribution < -0.4 is 5.32 Å². The quantitative estimate of drug-likeness (QED) is 0.901. The van der Waals surface area contributed by atoms with E-state index >= 15 is 0 Å². The standard InChI is InChI=1S/C12H14ClN3O2/c1-17-12(3-5-18-8-12)7-16-11-10(13)9(6-14)2-4-15-11/h2,4H,3,5,7-8H2,1H3,(H,15,16). The van der Waals surface area contributed by atoms with Gasteiger partial charge in [-0.1, -0.05) is 11.6 Å². The molecular formula is C12H14ClN3O2. The summed E-state index contributed by atoms with van der Waals surface area (Å²) in [6, 6.07) is 3.60. The Bertz CT molecular complexity index is 467. The van der Waals surface area contributed by atoms with E-state index in [1.807, 2.05) is 6.07 Å². The van der Waals surface area contributed by atoms with Gasteiger partial charge in [0.15, 0.2) is 0 Å². The first kappa shape index (κ1) is 13.1. The minimum atomic E-state index is -0.340. The van der Waals surface area contributed by atoms with Crippen molar-refractivity contribution in [1.82, 2.24) is 4.98 Å². The van der Waals surface area contributed by atoms with Crippen molar-refractivity contribution in [2.75, 3.05) is 32.2 Å². The molecule has 0 spiro atoms. The number of nitrogens with one attached hydrogen (secondary N) is 1. The number of hydrogen-bond donors (Lipinski definition) is 1. The van der Waals surface area contributed by atoms with Gasteiger partial charge in [0.2, 0.25) is 0 Å². The molecule has 1 aliphatic heterocycles. The maximum absolute atomic E-state index is 8.88.